The molecule has 0 spiro atoms. The van der Waals surface area contributed by atoms with Crippen LogP contribution in [0.25, 0.3) is 11.6 Å². The number of carbonyl (C=O) groups is 1. The Balaban J connectivity index is 2.02. The lowest BCUT2D eigenvalue weighted by Gasteiger charge is -2.05. The molecule has 0 aliphatic carbocycles. The zero-order chi connectivity index (χ0) is 19.4. The molecular weight excluding hydrogens is 346 g/mol. The highest BCUT2D eigenvalue weighted by molar-refractivity contribution is 6.11. The van der Waals surface area contributed by atoms with Crippen molar-refractivity contribution >= 4 is 23.1 Å². The summed E-state index contributed by atoms with van der Waals surface area (Å²) in [5.74, 6) is 0.616. The van der Waals surface area contributed by atoms with E-state index in [9.17, 15) is 14.9 Å². The van der Waals surface area contributed by atoms with Crippen molar-refractivity contribution in [2.45, 2.75) is 13.5 Å². The summed E-state index contributed by atoms with van der Waals surface area (Å²) in [5, 5.41) is 20.4. The third kappa shape index (κ3) is 4.02. The molecule has 3 rings (SSSR count). The minimum Gasteiger partial charge on any atom is -0.459 e. The number of rotatable bonds is 6. The van der Waals surface area contributed by atoms with E-state index in [1.165, 1.54) is 12.1 Å². The van der Waals surface area contributed by atoms with Gasteiger partial charge in [0.1, 0.15) is 23.7 Å². The summed E-state index contributed by atoms with van der Waals surface area (Å²) in [7, 11) is 0. The number of aliphatic hydroxyl groups is 1. The van der Waals surface area contributed by atoms with Gasteiger partial charge >= 0.3 is 0 Å². The summed E-state index contributed by atoms with van der Waals surface area (Å²) in [5.41, 5.74) is 1.58. The van der Waals surface area contributed by atoms with E-state index in [-0.39, 0.29) is 17.9 Å². The Morgan fingerprint density at radius 1 is 1.15 bits per heavy atom. The van der Waals surface area contributed by atoms with Gasteiger partial charge in [-0.2, -0.15) is 0 Å². The number of hydrogen-bond donors (Lipinski definition) is 1. The van der Waals surface area contributed by atoms with Crippen LogP contribution in [0.1, 0.15) is 39.9 Å². The summed E-state index contributed by atoms with van der Waals surface area (Å²) < 4.78 is 5.48. The van der Waals surface area contributed by atoms with Crippen LogP contribution in [0.5, 0.6) is 0 Å². The number of allylic oxidation sites excluding steroid dienone is 1. The molecule has 0 aliphatic rings. The van der Waals surface area contributed by atoms with Crippen LogP contribution in [-0.4, -0.2) is 15.8 Å². The fourth-order valence-electron chi connectivity index (χ4n) is 2.73. The molecule has 6 heteroatoms. The van der Waals surface area contributed by atoms with Crippen LogP contribution in [0, 0.1) is 10.1 Å². The molecule has 0 aliphatic heterocycles. The van der Waals surface area contributed by atoms with Gasteiger partial charge in [-0.15, -0.1) is 0 Å². The van der Waals surface area contributed by atoms with E-state index in [1.54, 1.807) is 54.6 Å². The van der Waals surface area contributed by atoms with Crippen molar-refractivity contribution in [3.05, 3.63) is 99.0 Å². The third-order valence-corrected chi connectivity index (χ3v) is 4.09. The van der Waals surface area contributed by atoms with Crippen molar-refractivity contribution in [3.63, 3.8) is 0 Å². The number of carbonyl (C=O) groups excluding carboxylic acids is 1. The van der Waals surface area contributed by atoms with Crippen molar-refractivity contribution in [2.75, 3.05) is 0 Å². The lowest BCUT2D eigenvalue weighted by atomic mass is 9.98. The molecule has 1 aromatic heterocycles. The number of benzene rings is 2. The van der Waals surface area contributed by atoms with E-state index in [1.807, 2.05) is 6.92 Å². The van der Waals surface area contributed by atoms with Gasteiger partial charge in [0.25, 0.3) is 5.69 Å². The minimum absolute atomic E-state index is 0.0308. The van der Waals surface area contributed by atoms with Gasteiger partial charge in [-0.05, 0) is 48.4 Å². The van der Waals surface area contributed by atoms with Crippen molar-refractivity contribution in [2.24, 2.45) is 0 Å². The molecule has 3 aromatic rings. The summed E-state index contributed by atoms with van der Waals surface area (Å²) in [6.45, 7) is 1.63. The van der Waals surface area contributed by atoms with Crippen LogP contribution in [0.15, 0.2) is 65.1 Å². The molecule has 0 saturated heterocycles. The topological polar surface area (TPSA) is 93.6 Å². The molecule has 0 unspecified atom stereocenters. The summed E-state index contributed by atoms with van der Waals surface area (Å²) in [4.78, 5) is 23.5. The first-order valence-electron chi connectivity index (χ1n) is 8.26. The van der Waals surface area contributed by atoms with E-state index in [2.05, 4.69) is 0 Å². The highest BCUT2D eigenvalue weighted by atomic mass is 16.6. The van der Waals surface area contributed by atoms with E-state index < -0.39 is 10.7 Å². The second kappa shape index (κ2) is 7.80. The van der Waals surface area contributed by atoms with Crippen molar-refractivity contribution in [3.8, 4) is 0 Å². The molecule has 0 atom stereocenters. The highest BCUT2D eigenvalue weighted by Gasteiger charge is 2.21. The van der Waals surface area contributed by atoms with Gasteiger partial charge in [0, 0.05) is 11.6 Å². The number of hydrogen-bond acceptors (Lipinski definition) is 5. The molecule has 2 aromatic carbocycles. The van der Waals surface area contributed by atoms with Gasteiger partial charge < -0.3 is 9.52 Å². The summed E-state index contributed by atoms with van der Waals surface area (Å²) in [6, 6.07) is 16.3. The van der Waals surface area contributed by atoms with E-state index >= 15 is 0 Å². The Hall–Kier alpha value is -3.51. The second-order valence-electron chi connectivity index (χ2n) is 5.98. The molecule has 0 saturated carbocycles. The SMILES string of the molecule is C/C(=C\c1ccc([N+](=O)[O-])c(C(=O)c2ccccc2)c1)c1ccc(CO)o1. The first kappa shape index (κ1) is 18.3. The average Bonchev–Trinajstić information content (AvgIpc) is 3.17. The Labute approximate surface area is 155 Å². The maximum absolute atomic E-state index is 12.8. The largest absolute Gasteiger partial charge is 0.459 e. The molecule has 0 amide bonds. The quantitative estimate of drug-likeness (QED) is 0.396. The Bertz CT molecular complexity index is 1020. The van der Waals surface area contributed by atoms with Crippen LogP contribution < -0.4 is 0 Å². The maximum atomic E-state index is 12.8. The Morgan fingerprint density at radius 3 is 2.52 bits per heavy atom. The molecule has 136 valence electrons. The first-order valence-corrected chi connectivity index (χ1v) is 8.26. The van der Waals surface area contributed by atoms with Gasteiger partial charge in [-0.25, -0.2) is 0 Å². The standard InChI is InChI=1S/C21H17NO5/c1-14(20-10-8-17(13-23)27-20)11-15-7-9-19(22(25)26)18(12-15)21(24)16-5-3-2-4-6-16/h2-12,23H,13H2,1H3/b14-11+. The fraction of sp³-hybridized carbons (Fsp3) is 0.0952. The zero-order valence-electron chi connectivity index (χ0n) is 14.6. The predicted octanol–water partition coefficient (Wildman–Crippen LogP) is 4.47. The lowest BCUT2D eigenvalue weighted by molar-refractivity contribution is -0.385. The maximum Gasteiger partial charge on any atom is 0.280 e. The zero-order valence-corrected chi connectivity index (χ0v) is 14.6. The Morgan fingerprint density at radius 2 is 1.89 bits per heavy atom. The van der Waals surface area contributed by atoms with Crippen molar-refractivity contribution in [1.82, 2.24) is 0 Å². The van der Waals surface area contributed by atoms with Crippen molar-refractivity contribution < 1.29 is 19.2 Å². The normalized spacial score (nSPS) is 11.4. The van der Waals surface area contributed by atoms with E-state index in [0.29, 0.717) is 22.6 Å². The number of nitrogens with zero attached hydrogens (tertiary/aromatic N) is 1. The van der Waals surface area contributed by atoms with Gasteiger partial charge in [-0.3, -0.25) is 14.9 Å². The smallest absolute Gasteiger partial charge is 0.280 e. The number of aliphatic hydroxyl groups excluding tert-OH is 1. The van der Waals surface area contributed by atoms with Gasteiger partial charge in [0.15, 0.2) is 5.78 Å². The van der Waals surface area contributed by atoms with Crippen LogP contribution in [0.2, 0.25) is 0 Å². The third-order valence-electron chi connectivity index (χ3n) is 4.09. The van der Waals surface area contributed by atoms with Gasteiger partial charge in [0.05, 0.1) is 4.92 Å². The molecule has 1 N–H and O–H groups in total. The van der Waals surface area contributed by atoms with Crippen LogP contribution >= 0.6 is 0 Å². The van der Waals surface area contributed by atoms with Crippen LogP contribution in [0.4, 0.5) is 5.69 Å². The summed E-state index contributed by atoms with van der Waals surface area (Å²) in [6.07, 6.45) is 1.77. The molecule has 0 fully saturated rings. The molecule has 6 nitrogen and oxygen atoms in total. The lowest BCUT2D eigenvalue weighted by Crippen LogP contribution is -2.05. The molecule has 1 heterocycles. The molecule has 0 radical (unpaired) electrons. The predicted molar refractivity (Wildman–Crippen MR) is 101 cm³/mol. The van der Waals surface area contributed by atoms with Crippen LogP contribution in [0.3, 0.4) is 0 Å². The average molecular weight is 363 g/mol. The van der Waals surface area contributed by atoms with E-state index in [4.69, 9.17) is 9.52 Å². The fourth-order valence-corrected chi connectivity index (χ4v) is 2.73. The summed E-state index contributed by atoms with van der Waals surface area (Å²) >= 11 is 0. The minimum atomic E-state index is -0.559. The number of furan rings is 1. The van der Waals surface area contributed by atoms with Gasteiger partial charge in [0.2, 0.25) is 0 Å². The van der Waals surface area contributed by atoms with Crippen molar-refractivity contribution in [1.29, 1.82) is 0 Å². The Kier molecular flexibility index (Phi) is 5.28. The molecular formula is C21H17NO5. The number of nitro benzene ring substituents is 1. The molecule has 0 bridgehead atoms. The first-order chi connectivity index (χ1) is 13.0. The van der Waals surface area contributed by atoms with Crippen LogP contribution in [-0.2, 0) is 6.61 Å². The second-order valence-corrected chi connectivity index (χ2v) is 5.98. The molecule has 27 heavy (non-hydrogen) atoms. The van der Waals surface area contributed by atoms with Gasteiger partial charge in [-0.1, -0.05) is 30.3 Å². The van der Waals surface area contributed by atoms with E-state index in [0.717, 1.165) is 5.57 Å². The number of ketones is 1. The monoisotopic (exact) mass is 363 g/mol. The highest BCUT2D eigenvalue weighted by Crippen LogP contribution is 2.26. The number of nitro groups is 1.